The van der Waals surface area contributed by atoms with Gasteiger partial charge >= 0.3 is 0 Å². The van der Waals surface area contributed by atoms with Gasteiger partial charge in [0, 0.05) is 15.3 Å². The Labute approximate surface area is 218 Å². The van der Waals surface area contributed by atoms with Gasteiger partial charge in [-0.2, -0.15) is 0 Å². The van der Waals surface area contributed by atoms with Gasteiger partial charge in [0.1, 0.15) is 0 Å². The van der Waals surface area contributed by atoms with Crippen LogP contribution in [0.5, 0.6) is 0 Å². The van der Waals surface area contributed by atoms with Crippen LogP contribution < -0.4 is 0 Å². The van der Waals surface area contributed by atoms with E-state index in [9.17, 15) is 0 Å². The Hall–Kier alpha value is -2.64. The van der Waals surface area contributed by atoms with Crippen molar-refractivity contribution in [1.29, 1.82) is 0 Å². The molecular formula is C34H33Br. The molecule has 0 saturated carbocycles. The minimum Gasteiger partial charge on any atom is -0.0537 e. The Balaban J connectivity index is 1.52. The van der Waals surface area contributed by atoms with E-state index >= 15 is 0 Å². The molecule has 0 atom stereocenters. The summed E-state index contributed by atoms with van der Waals surface area (Å²) in [5.74, 6) is 0. The molecule has 0 aliphatic heterocycles. The normalized spacial score (nSPS) is 16.0. The average Bonchev–Trinajstić information content (AvgIpc) is 3.20. The topological polar surface area (TPSA) is 0 Å². The maximum Gasteiger partial charge on any atom is 0.0178 e. The molecule has 0 nitrogen and oxygen atoms in total. The Kier molecular flexibility index (Phi) is 4.69. The van der Waals surface area contributed by atoms with Gasteiger partial charge in [0.2, 0.25) is 0 Å². The standard InChI is InChI=1S/C34H33Br/c1-18-19(2)21(4)32-31(20(18)3)27-13-10-23(16-29(27)34(32,7)8)22-9-12-25-26-14-11-24(35)17-30(26)33(5,6)28(25)15-22/h9-17H,1-8H3. The van der Waals surface area contributed by atoms with E-state index in [0.717, 1.165) is 4.47 Å². The smallest absolute Gasteiger partial charge is 0.0178 e. The van der Waals surface area contributed by atoms with Crippen molar-refractivity contribution >= 4 is 15.9 Å². The first-order valence-electron chi connectivity index (χ1n) is 12.7. The molecule has 0 unspecified atom stereocenters. The molecule has 0 fully saturated rings. The van der Waals surface area contributed by atoms with Crippen LogP contribution in [0.1, 0.15) is 72.2 Å². The van der Waals surface area contributed by atoms with Crippen LogP contribution in [0.25, 0.3) is 33.4 Å². The molecule has 4 aromatic carbocycles. The van der Waals surface area contributed by atoms with E-state index in [4.69, 9.17) is 0 Å². The molecule has 176 valence electrons. The van der Waals surface area contributed by atoms with Crippen LogP contribution in [-0.2, 0) is 10.8 Å². The summed E-state index contributed by atoms with van der Waals surface area (Å²) in [5.41, 5.74) is 19.8. The molecule has 6 rings (SSSR count). The summed E-state index contributed by atoms with van der Waals surface area (Å²) >= 11 is 3.68. The zero-order valence-corrected chi connectivity index (χ0v) is 23.7. The van der Waals surface area contributed by atoms with Crippen LogP contribution in [0.2, 0.25) is 0 Å². The lowest BCUT2D eigenvalue weighted by Crippen LogP contribution is -2.17. The molecule has 2 aliphatic carbocycles. The second kappa shape index (κ2) is 7.20. The van der Waals surface area contributed by atoms with Crippen molar-refractivity contribution in [3.8, 4) is 33.4 Å². The van der Waals surface area contributed by atoms with Crippen LogP contribution in [0, 0.1) is 27.7 Å². The third-order valence-electron chi connectivity index (χ3n) is 9.25. The number of rotatable bonds is 1. The molecule has 0 aromatic heterocycles. The SMILES string of the molecule is Cc1c(C)c(C)c2c(c1C)-c1ccc(-c3ccc4c(c3)C(C)(C)c3cc(Br)ccc3-4)cc1C2(C)C. The molecule has 0 radical (unpaired) electrons. The second-order valence-electron chi connectivity index (χ2n) is 11.7. The lowest BCUT2D eigenvalue weighted by molar-refractivity contribution is 0.654. The van der Waals surface area contributed by atoms with Gasteiger partial charge in [-0.15, -0.1) is 0 Å². The van der Waals surface area contributed by atoms with Gasteiger partial charge in [-0.3, -0.25) is 0 Å². The van der Waals surface area contributed by atoms with Crippen molar-refractivity contribution in [2.24, 2.45) is 0 Å². The first kappa shape index (κ1) is 22.8. The molecule has 0 heterocycles. The maximum atomic E-state index is 3.68. The molecule has 0 spiro atoms. The van der Waals surface area contributed by atoms with E-state index in [2.05, 4.69) is 126 Å². The van der Waals surface area contributed by atoms with Gasteiger partial charge in [0.15, 0.2) is 0 Å². The molecule has 0 N–H and O–H groups in total. The molecule has 0 saturated heterocycles. The van der Waals surface area contributed by atoms with Crippen molar-refractivity contribution in [3.05, 3.63) is 104 Å². The zero-order chi connectivity index (χ0) is 25.0. The van der Waals surface area contributed by atoms with Gasteiger partial charge in [0.05, 0.1) is 0 Å². The zero-order valence-electron chi connectivity index (χ0n) is 22.1. The number of fused-ring (bicyclic) bond motifs is 6. The molecule has 4 aromatic rings. The van der Waals surface area contributed by atoms with E-state index in [1.165, 1.54) is 77.9 Å². The van der Waals surface area contributed by atoms with Crippen molar-refractivity contribution in [2.45, 2.75) is 66.2 Å². The van der Waals surface area contributed by atoms with Crippen LogP contribution in [0.3, 0.4) is 0 Å². The van der Waals surface area contributed by atoms with E-state index in [1.807, 2.05) is 0 Å². The highest BCUT2D eigenvalue weighted by molar-refractivity contribution is 9.10. The predicted molar refractivity (Wildman–Crippen MR) is 154 cm³/mol. The average molecular weight is 522 g/mol. The number of benzene rings is 4. The van der Waals surface area contributed by atoms with Crippen LogP contribution in [0.15, 0.2) is 59.1 Å². The van der Waals surface area contributed by atoms with Gasteiger partial charge < -0.3 is 0 Å². The van der Waals surface area contributed by atoms with Crippen molar-refractivity contribution in [2.75, 3.05) is 0 Å². The van der Waals surface area contributed by atoms with Crippen LogP contribution >= 0.6 is 15.9 Å². The monoisotopic (exact) mass is 520 g/mol. The van der Waals surface area contributed by atoms with Crippen molar-refractivity contribution < 1.29 is 0 Å². The number of hydrogen-bond acceptors (Lipinski definition) is 0. The van der Waals surface area contributed by atoms with Gasteiger partial charge in [-0.25, -0.2) is 0 Å². The molecule has 0 bridgehead atoms. The quantitative estimate of drug-likeness (QED) is 0.234. The molecule has 0 amide bonds. The molecule has 1 heteroatoms. The number of hydrogen-bond donors (Lipinski definition) is 0. The summed E-state index contributed by atoms with van der Waals surface area (Å²) < 4.78 is 1.15. The van der Waals surface area contributed by atoms with Crippen molar-refractivity contribution in [1.82, 2.24) is 0 Å². The number of halogens is 1. The van der Waals surface area contributed by atoms with E-state index in [-0.39, 0.29) is 10.8 Å². The third-order valence-corrected chi connectivity index (χ3v) is 9.74. The summed E-state index contributed by atoms with van der Waals surface area (Å²) in [6.07, 6.45) is 0. The fourth-order valence-corrected chi connectivity index (χ4v) is 7.27. The van der Waals surface area contributed by atoms with E-state index in [0.29, 0.717) is 0 Å². The Morgan fingerprint density at radius 1 is 0.514 bits per heavy atom. The van der Waals surface area contributed by atoms with E-state index in [1.54, 1.807) is 0 Å². The molecule has 2 aliphatic rings. The van der Waals surface area contributed by atoms with Gasteiger partial charge in [0.25, 0.3) is 0 Å². The highest BCUT2D eigenvalue weighted by Gasteiger charge is 2.39. The first-order valence-corrected chi connectivity index (χ1v) is 13.4. The van der Waals surface area contributed by atoms with E-state index < -0.39 is 0 Å². The Bertz CT molecular complexity index is 1580. The lowest BCUT2D eigenvalue weighted by atomic mass is 9.77. The largest absolute Gasteiger partial charge is 0.0537 e. The molecule has 35 heavy (non-hydrogen) atoms. The summed E-state index contributed by atoms with van der Waals surface area (Å²) in [5, 5.41) is 0. The summed E-state index contributed by atoms with van der Waals surface area (Å²) in [7, 11) is 0. The van der Waals surface area contributed by atoms with Crippen molar-refractivity contribution in [3.63, 3.8) is 0 Å². The summed E-state index contributed by atoms with van der Waals surface area (Å²) in [6.45, 7) is 18.7. The fraction of sp³-hybridized carbons (Fsp3) is 0.294. The minimum absolute atomic E-state index is 0.00745. The predicted octanol–water partition coefficient (Wildman–Crippen LogP) is 9.96. The second-order valence-corrected chi connectivity index (χ2v) is 12.6. The van der Waals surface area contributed by atoms with Crippen LogP contribution in [-0.4, -0.2) is 0 Å². The summed E-state index contributed by atoms with van der Waals surface area (Å²) in [6, 6.07) is 21.0. The van der Waals surface area contributed by atoms with Crippen LogP contribution in [0.4, 0.5) is 0 Å². The Morgan fingerprint density at radius 2 is 1.00 bits per heavy atom. The lowest BCUT2D eigenvalue weighted by Gasteiger charge is -2.26. The first-order chi connectivity index (χ1) is 16.4. The summed E-state index contributed by atoms with van der Waals surface area (Å²) in [4.78, 5) is 0. The third kappa shape index (κ3) is 2.91. The Morgan fingerprint density at radius 3 is 1.63 bits per heavy atom. The molecular weight excluding hydrogens is 488 g/mol. The fourth-order valence-electron chi connectivity index (χ4n) is 6.91. The minimum atomic E-state index is -0.0139. The highest BCUT2D eigenvalue weighted by atomic mass is 79.9. The highest BCUT2D eigenvalue weighted by Crippen LogP contribution is 2.54. The van der Waals surface area contributed by atoms with Gasteiger partial charge in [-0.1, -0.05) is 74.0 Å². The maximum absolute atomic E-state index is 3.68. The van der Waals surface area contributed by atoms with Gasteiger partial charge in [-0.05, 0) is 130 Å².